The molecule has 0 radical (unpaired) electrons. The lowest BCUT2D eigenvalue weighted by atomic mass is 10.1. The van der Waals surface area contributed by atoms with Crippen LogP contribution < -0.4 is 5.56 Å². The Morgan fingerprint density at radius 1 is 1.19 bits per heavy atom. The molecule has 138 valence electrons. The predicted molar refractivity (Wildman–Crippen MR) is 102 cm³/mol. The Morgan fingerprint density at radius 3 is 2.63 bits per heavy atom. The van der Waals surface area contributed by atoms with Crippen molar-refractivity contribution in [1.29, 1.82) is 0 Å². The minimum absolute atomic E-state index is 0.132. The molecule has 0 bridgehead atoms. The minimum atomic E-state index is -2.65. The zero-order chi connectivity index (χ0) is 19.0. The van der Waals surface area contributed by atoms with Crippen LogP contribution in [0.25, 0.3) is 21.7 Å². The normalized spacial score (nSPS) is 11.7. The third kappa shape index (κ3) is 3.21. The molecule has 0 saturated heterocycles. The Bertz CT molecular complexity index is 1190. The molecule has 27 heavy (non-hydrogen) atoms. The number of hydrogen-bond donors (Lipinski definition) is 0. The molecule has 0 N–H and O–H groups in total. The number of thioether (sulfide) groups is 1. The minimum Gasteiger partial charge on any atom is -0.287 e. The third-order valence-corrected chi connectivity index (χ3v) is 5.36. The molecule has 0 saturated carbocycles. The zero-order valence-corrected chi connectivity index (χ0v) is 15.3. The molecular formula is C19H16F2N4OS. The van der Waals surface area contributed by atoms with Gasteiger partial charge in [-0.15, -0.1) is 0 Å². The van der Waals surface area contributed by atoms with Crippen LogP contribution in [0.5, 0.6) is 0 Å². The molecule has 2 aromatic carbocycles. The van der Waals surface area contributed by atoms with Crippen molar-refractivity contribution in [1.82, 2.24) is 19.1 Å². The molecule has 0 spiro atoms. The van der Waals surface area contributed by atoms with Crippen LogP contribution in [0.1, 0.15) is 19.3 Å². The van der Waals surface area contributed by atoms with Crippen molar-refractivity contribution < 1.29 is 8.78 Å². The van der Waals surface area contributed by atoms with Crippen LogP contribution in [-0.2, 0) is 12.3 Å². The molecule has 0 unspecified atom stereocenters. The largest absolute Gasteiger partial charge is 0.319 e. The highest BCUT2D eigenvalue weighted by molar-refractivity contribution is 7.98. The molecule has 0 amide bonds. The van der Waals surface area contributed by atoms with Crippen molar-refractivity contribution in [2.24, 2.45) is 0 Å². The number of benzene rings is 2. The van der Waals surface area contributed by atoms with E-state index in [1.54, 1.807) is 4.57 Å². The first kappa shape index (κ1) is 17.7. The highest BCUT2D eigenvalue weighted by Gasteiger charge is 2.15. The molecule has 0 aliphatic heterocycles. The number of alkyl halides is 2. The number of nitrogens with zero attached hydrogens (tertiary/aromatic N) is 4. The first-order chi connectivity index (χ1) is 13.1. The van der Waals surface area contributed by atoms with E-state index in [0.29, 0.717) is 22.6 Å². The summed E-state index contributed by atoms with van der Waals surface area (Å²) in [5.74, 6) is 0.439. The second-order valence-corrected chi connectivity index (χ2v) is 6.92. The van der Waals surface area contributed by atoms with Crippen LogP contribution in [0.15, 0.2) is 58.7 Å². The van der Waals surface area contributed by atoms with Crippen LogP contribution in [0.3, 0.4) is 0 Å². The Kier molecular flexibility index (Phi) is 4.65. The van der Waals surface area contributed by atoms with Crippen molar-refractivity contribution in [2.45, 2.75) is 30.9 Å². The fraction of sp³-hybridized carbons (Fsp3) is 0.211. The fourth-order valence-corrected chi connectivity index (χ4v) is 4.05. The lowest BCUT2D eigenvalue weighted by Gasteiger charge is -2.12. The van der Waals surface area contributed by atoms with Crippen LogP contribution in [0, 0.1) is 0 Å². The topological polar surface area (TPSA) is 52.7 Å². The van der Waals surface area contributed by atoms with Crippen LogP contribution in [-0.4, -0.2) is 19.1 Å². The van der Waals surface area contributed by atoms with Crippen molar-refractivity contribution in [3.8, 4) is 0 Å². The van der Waals surface area contributed by atoms with Gasteiger partial charge in [0.15, 0.2) is 5.16 Å². The summed E-state index contributed by atoms with van der Waals surface area (Å²) in [5, 5.41) is 3.02. The van der Waals surface area contributed by atoms with Gasteiger partial charge in [-0.3, -0.25) is 13.9 Å². The average Bonchev–Trinajstić information content (AvgIpc) is 3.14. The van der Waals surface area contributed by atoms with Gasteiger partial charge in [-0.1, -0.05) is 36.0 Å². The molecule has 4 rings (SSSR count). The molecule has 2 heterocycles. The van der Waals surface area contributed by atoms with E-state index in [1.165, 1.54) is 24.2 Å². The number of halogens is 2. The van der Waals surface area contributed by atoms with E-state index >= 15 is 0 Å². The Morgan fingerprint density at radius 2 is 1.93 bits per heavy atom. The molecule has 0 atom stereocenters. The van der Waals surface area contributed by atoms with E-state index < -0.39 is 6.55 Å². The lowest BCUT2D eigenvalue weighted by molar-refractivity contribution is 0.0678. The van der Waals surface area contributed by atoms with Crippen molar-refractivity contribution in [3.63, 3.8) is 0 Å². The van der Waals surface area contributed by atoms with Gasteiger partial charge in [0.25, 0.3) is 5.56 Å². The van der Waals surface area contributed by atoms with Gasteiger partial charge in [-0.05, 0) is 29.8 Å². The maximum absolute atomic E-state index is 13.0. The SMILES string of the molecule is CCn1c(SCc2nccn2C(F)F)nc2cc3ccccc3cc2c1=O. The van der Waals surface area contributed by atoms with Crippen molar-refractivity contribution >= 4 is 33.4 Å². The first-order valence-electron chi connectivity index (χ1n) is 8.44. The second kappa shape index (κ2) is 7.11. The fourth-order valence-electron chi connectivity index (χ4n) is 3.04. The first-order valence-corrected chi connectivity index (χ1v) is 9.43. The Balaban J connectivity index is 1.78. The molecule has 5 nitrogen and oxygen atoms in total. The number of aromatic nitrogens is 4. The second-order valence-electron chi connectivity index (χ2n) is 5.98. The van der Waals surface area contributed by atoms with Crippen LogP contribution in [0.2, 0.25) is 0 Å². The number of rotatable bonds is 5. The lowest BCUT2D eigenvalue weighted by Crippen LogP contribution is -2.22. The summed E-state index contributed by atoms with van der Waals surface area (Å²) >= 11 is 1.23. The van der Waals surface area contributed by atoms with E-state index in [-0.39, 0.29) is 17.1 Å². The number of fused-ring (bicyclic) bond motifs is 2. The quantitative estimate of drug-likeness (QED) is 0.289. The molecule has 0 aliphatic rings. The summed E-state index contributed by atoms with van der Waals surface area (Å²) in [6, 6.07) is 11.5. The van der Waals surface area contributed by atoms with Gasteiger partial charge in [0, 0.05) is 18.9 Å². The molecule has 0 aliphatic carbocycles. The summed E-state index contributed by atoms with van der Waals surface area (Å²) in [5.41, 5.74) is 0.469. The van der Waals surface area contributed by atoms with E-state index in [0.717, 1.165) is 15.3 Å². The molecule has 0 fully saturated rings. The van der Waals surface area contributed by atoms with Gasteiger partial charge in [0.05, 0.1) is 16.7 Å². The highest BCUT2D eigenvalue weighted by Crippen LogP contribution is 2.25. The summed E-state index contributed by atoms with van der Waals surface area (Å²) in [6.45, 7) is -0.340. The highest BCUT2D eigenvalue weighted by atomic mass is 32.2. The summed E-state index contributed by atoms with van der Waals surface area (Å²) in [6.07, 6.45) is 2.59. The van der Waals surface area contributed by atoms with Gasteiger partial charge >= 0.3 is 6.55 Å². The van der Waals surface area contributed by atoms with E-state index in [1.807, 2.05) is 43.3 Å². The summed E-state index contributed by atoms with van der Waals surface area (Å²) in [7, 11) is 0. The van der Waals surface area contributed by atoms with Crippen LogP contribution >= 0.6 is 11.8 Å². The summed E-state index contributed by atoms with van der Waals surface area (Å²) in [4.78, 5) is 21.5. The Hall–Kier alpha value is -2.74. The maximum atomic E-state index is 13.0. The van der Waals surface area contributed by atoms with Crippen molar-refractivity contribution in [3.05, 3.63) is 65.0 Å². The van der Waals surface area contributed by atoms with Crippen LogP contribution in [0.4, 0.5) is 8.78 Å². The van der Waals surface area contributed by atoms with Gasteiger partial charge in [0.1, 0.15) is 5.82 Å². The maximum Gasteiger partial charge on any atom is 0.319 e. The predicted octanol–water partition coefficient (Wildman–Crippen LogP) is 4.45. The number of hydrogen-bond acceptors (Lipinski definition) is 4. The van der Waals surface area contributed by atoms with Crippen molar-refractivity contribution in [2.75, 3.05) is 0 Å². The van der Waals surface area contributed by atoms with Gasteiger partial charge in [0.2, 0.25) is 0 Å². The monoisotopic (exact) mass is 386 g/mol. The number of imidazole rings is 1. The molecular weight excluding hydrogens is 370 g/mol. The molecule has 8 heteroatoms. The van der Waals surface area contributed by atoms with Gasteiger partial charge in [-0.25, -0.2) is 9.97 Å². The average molecular weight is 386 g/mol. The van der Waals surface area contributed by atoms with Gasteiger partial charge in [-0.2, -0.15) is 8.78 Å². The molecule has 4 aromatic rings. The molecule has 2 aromatic heterocycles. The smallest absolute Gasteiger partial charge is 0.287 e. The zero-order valence-electron chi connectivity index (χ0n) is 14.5. The van der Waals surface area contributed by atoms with E-state index in [4.69, 9.17) is 0 Å². The summed E-state index contributed by atoms with van der Waals surface area (Å²) < 4.78 is 28.4. The van der Waals surface area contributed by atoms with E-state index in [2.05, 4.69) is 9.97 Å². The van der Waals surface area contributed by atoms with E-state index in [9.17, 15) is 13.6 Å². The Labute approximate surface area is 157 Å². The third-order valence-electron chi connectivity index (χ3n) is 4.39. The van der Waals surface area contributed by atoms with Gasteiger partial charge < -0.3 is 0 Å². The standard InChI is InChI=1S/C19H16F2N4OS/c1-2-24-17(26)14-9-12-5-3-4-6-13(12)10-15(14)23-19(24)27-11-16-22-7-8-25(16)18(20)21/h3-10,18H,2,11H2,1H3.